The smallest absolute Gasteiger partial charge is 0.343 e. The molecule has 27 heavy (non-hydrogen) atoms. The van der Waals surface area contributed by atoms with Crippen molar-refractivity contribution in [2.45, 2.75) is 65.2 Å². The zero-order chi connectivity index (χ0) is 19.6. The van der Waals surface area contributed by atoms with Crippen molar-refractivity contribution in [2.24, 2.45) is 0 Å². The van der Waals surface area contributed by atoms with Crippen LogP contribution in [0, 0.1) is 11.6 Å². The van der Waals surface area contributed by atoms with Crippen LogP contribution >= 0.6 is 0 Å². The van der Waals surface area contributed by atoms with Crippen molar-refractivity contribution in [3.8, 4) is 5.75 Å². The first-order valence-corrected chi connectivity index (χ1v) is 9.84. The third-order valence-corrected chi connectivity index (χ3v) is 4.61. The van der Waals surface area contributed by atoms with E-state index in [-0.39, 0.29) is 11.3 Å². The van der Waals surface area contributed by atoms with Crippen molar-refractivity contribution >= 4 is 5.97 Å². The zero-order valence-electron chi connectivity index (χ0n) is 16.2. The van der Waals surface area contributed by atoms with E-state index >= 15 is 0 Å². The minimum absolute atomic E-state index is 0.290. The van der Waals surface area contributed by atoms with Gasteiger partial charge in [0.05, 0.1) is 5.56 Å². The zero-order valence-corrected chi connectivity index (χ0v) is 16.2. The molecule has 2 aromatic carbocycles. The largest absolute Gasteiger partial charge is 0.420 e. The number of aryl methyl sites for hydroxylation is 2. The minimum Gasteiger partial charge on any atom is -0.420 e. The van der Waals surface area contributed by atoms with Crippen molar-refractivity contribution in [1.29, 1.82) is 0 Å². The highest BCUT2D eigenvalue weighted by molar-refractivity contribution is 5.91. The van der Waals surface area contributed by atoms with E-state index in [1.165, 1.54) is 37.8 Å². The summed E-state index contributed by atoms with van der Waals surface area (Å²) < 4.78 is 33.1. The Bertz CT molecular complexity index is 739. The summed E-state index contributed by atoms with van der Waals surface area (Å²) in [5, 5.41) is 0. The molecule has 0 fully saturated rings. The van der Waals surface area contributed by atoms with Crippen LogP contribution in [-0.4, -0.2) is 5.97 Å². The number of hydrogen-bond acceptors (Lipinski definition) is 2. The molecule has 0 aliphatic rings. The van der Waals surface area contributed by atoms with E-state index in [9.17, 15) is 13.6 Å². The third kappa shape index (κ3) is 6.16. The van der Waals surface area contributed by atoms with E-state index in [2.05, 4.69) is 6.92 Å². The Labute approximate surface area is 160 Å². The van der Waals surface area contributed by atoms with Crippen LogP contribution in [0.15, 0.2) is 36.4 Å². The van der Waals surface area contributed by atoms with E-state index in [1.54, 1.807) is 12.1 Å². The normalized spacial score (nSPS) is 10.8. The van der Waals surface area contributed by atoms with Crippen LogP contribution in [0.3, 0.4) is 0 Å². The fraction of sp³-hybridized carbons (Fsp3) is 0.435. The number of halogens is 2. The van der Waals surface area contributed by atoms with Crippen molar-refractivity contribution in [1.82, 2.24) is 0 Å². The van der Waals surface area contributed by atoms with Gasteiger partial charge in [0.25, 0.3) is 0 Å². The topological polar surface area (TPSA) is 26.3 Å². The molecule has 0 bridgehead atoms. The van der Waals surface area contributed by atoms with Gasteiger partial charge in [0.1, 0.15) is 0 Å². The standard InChI is InChI=1S/C23H28F2O2/c1-3-5-6-7-8-10-17-11-13-19(14-12-17)23(26)27-20-16-15-18(9-4-2)21(24)22(20)25/h11-16H,3-10H2,1-2H3. The van der Waals surface area contributed by atoms with Gasteiger partial charge < -0.3 is 4.74 Å². The molecule has 0 N–H and O–H groups in total. The predicted octanol–water partition coefficient (Wildman–Crippen LogP) is 6.65. The number of carbonyl (C=O) groups excluding carboxylic acids is 1. The fourth-order valence-corrected chi connectivity index (χ4v) is 3.01. The predicted molar refractivity (Wildman–Crippen MR) is 104 cm³/mol. The summed E-state index contributed by atoms with van der Waals surface area (Å²) in [5.74, 6) is -3.12. The molecular formula is C23H28F2O2. The summed E-state index contributed by atoms with van der Waals surface area (Å²) in [5.41, 5.74) is 1.77. The van der Waals surface area contributed by atoms with Gasteiger partial charge in [-0.2, -0.15) is 4.39 Å². The molecule has 4 heteroatoms. The lowest BCUT2D eigenvalue weighted by molar-refractivity contribution is 0.0726. The highest BCUT2D eigenvalue weighted by atomic mass is 19.2. The van der Waals surface area contributed by atoms with Gasteiger partial charge in [0.2, 0.25) is 5.82 Å². The molecule has 0 atom stereocenters. The van der Waals surface area contributed by atoms with Gasteiger partial charge in [-0.3, -0.25) is 0 Å². The number of ether oxygens (including phenoxy) is 1. The van der Waals surface area contributed by atoms with E-state index in [4.69, 9.17) is 4.74 Å². The van der Waals surface area contributed by atoms with E-state index in [0.717, 1.165) is 18.4 Å². The summed E-state index contributed by atoms with van der Waals surface area (Å²) >= 11 is 0. The Kier molecular flexibility index (Phi) is 8.43. The van der Waals surface area contributed by atoms with Crippen LogP contribution in [-0.2, 0) is 12.8 Å². The molecule has 0 saturated heterocycles. The summed E-state index contributed by atoms with van der Waals surface area (Å²) in [6, 6.07) is 9.89. The molecule has 0 saturated carbocycles. The molecule has 2 aromatic rings. The molecule has 0 aliphatic heterocycles. The maximum absolute atomic E-state index is 14.1. The summed E-state index contributed by atoms with van der Waals surface area (Å²) in [7, 11) is 0. The van der Waals surface area contributed by atoms with Gasteiger partial charge in [-0.1, -0.05) is 64.2 Å². The number of carbonyl (C=O) groups is 1. The van der Waals surface area contributed by atoms with Gasteiger partial charge >= 0.3 is 5.97 Å². The first kappa shape index (κ1) is 21.1. The van der Waals surface area contributed by atoms with E-state index < -0.39 is 17.6 Å². The molecule has 2 rings (SSSR count). The third-order valence-electron chi connectivity index (χ3n) is 4.61. The molecule has 146 valence electrons. The lowest BCUT2D eigenvalue weighted by atomic mass is 10.0. The average Bonchev–Trinajstić information content (AvgIpc) is 2.68. The average molecular weight is 374 g/mol. The van der Waals surface area contributed by atoms with Crippen LogP contribution < -0.4 is 4.74 Å². The van der Waals surface area contributed by atoms with Crippen LogP contribution in [0.4, 0.5) is 8.78 Å². The van der Waals surface area contributed by atoms with Gasteiger partial charge in [-0.25, -0.2) is 9.18 Å². The maximum atomic E-state index is 14.1. The van der Waals surface area contributed by atoms with Gasteiger partial charge in [0, 0.05) is 0 Å². The summed E-state index contributed by atoms with van der Waals surface area (Å²) in [6.07, 6.45) is 8.19. The number of rotatable bonds is 10. The number of benzene rings is 2. The van der Waals surface area contributed by atoms with Crippen LogP contribution in [0.5, 0.6) is 5.75 Å². The molecule has 0 radical (unpaired) electrons. The van der Waals surface area contributed by atoms with Gasteiger partial charge in [-0.05, 0) is 48.6 Å². The molecule has 0 unspecified atom stereocenters. The SMILES string of the molecule is CCCCCCCc1ccc(C(=O)Oc2ccc(CCC)c(F)c2F)cc1. The highest BCUT2D eigenvalue weighted by Gasteiger charge is 2.17. The summed E-state index contributed by atoms with van der Waals surface area (Å²) in [6.45, 7) is 4.08. The number of hydrogen-bond donors (Lipinski definition) is 0. The number of esters is 1. The van der Waals surface area contributed by atoms with Crippen LogP contribution in [0.1, 0.15) is 73.9 Å². The quantitative estimate of drug-likeness (QED) is 0.264. The Morgan fingerprint density at radius 3 is 2.19 bits per heavy atom. The van der Waals surface area contributed by atoms with Crippen LogP contribution in [0.2, 0.25) is 0 Å². The Balaban J connectivity index is 1.95. The first-order valence-electron chi connectivity index (χ1n) is 9.84. The van der Waals surface area contributed by atoms with Crippen molar-refractivity contribution in [3.05, 3.63) is 64.7 Å². The highest BCUT2D eigenvalue weighted by Crippen LogP contribution is 2.24. The second kappa shape index (κ2) is 10.8. The van der Waals surface area contributed by atoms with Crippen molar-refractivity contribution in [3.63, 3.8) is 0 Å². The molecular weight excluding hydrogens is 346 g/mol. The van der Waals surface area contributed by atoms with Crippen molar-refractivity contribution < 1.29 is 18.3 Å². The lowest BCUT2D eigenvalue weighted by Gasteiger charge is -2.09. The van der Waals surface area contributed by atoms with Crippen LogP contribution in [0.25, 0.3) is 0 Å². The van der Waals surface area contributed by atoms with Gasteiger partial charge in [-0.15, -0.1) is 0 Å². The maximum Gasteiger partial charge on any atom is 0.343 e. The minimum atomic E-state index is -1.11. The molecule has 0 heterocycles. The van der Waals surface area contributed by atoms with E-state index in [1.807, 2.05) is 19.1 Å². The number of unbranched alkanes of at least 4 members (excludes halogenated alkanes) is 4. The Hall–Kier alpha value is -2.23. The molecule has 0 spiro atoms. The first-order chi connectivity index (χ1) is 13.1. The second-order valence-corrected chi connectivity index (χ2v) is 6.85. The van der Waals surface area contributed by atoms with Gasteiger partial charge in [0.15, 0.2) is 11.6 Å². The summed E-state index contributed by atoms with van der Waals surface area (Å²) in [4.78, 5) is 12.2. The van der Waals surface area contributed by atoms with Crippen molar-refractivity contribution in [2.75, 3.05) is 0 Å². The second-order valence-electron chi connectivity index (χ2n) is 6.85. The molecule has 0 aliphatic carbocycles. The molecule has 0 aromatic heterocycles. The monoisotopic (exact) mass is 374 g/mol. The lowest BCUT2D eigenvalue weighted by Crippen LogP contribution is -2.10. The Morgan fingerprint density at radius 2 is 1.52 bits per heavy atom. The molecule has 2 nitrogen and oxygen atoms in total. The van der Waals surface area contributed by atoms with E-state index in [0.29, 0.717) is 18.4 Å². The molecule has 0 amide bonds. The Morgan fingerprint density at radius 1 is 0.815 bits per heavy atom. The fourth-order valence-electron chi connectivity index (χ4n) is 3.01.